The zero-order chi connectivity index (χ0) is 12.7. The van der Waals surface area contributed by atoms with Crippen molar-refractivity contribution in [1.82, 2.24) is 0 Å². The number of hydrogen-bond acceptors (Lipinski definition) is 4. The number of rotatable bonds is 0. The molecule has 0 spiro atoms. The lowest BCUT2D eigenvalue weighted by atomic mass is 10.2. The van der Waals surface area contributed by atoms with Gasteiger partial charge in [0.15, 0.2) is 5.75 Å². The van der Waals surface area contributed by atoms with Crippen LogP contribution in [0.25, 0.3) is 6.08 Å². The van der Waals surface area contributed by atoms with Gasteiger partial charge < -0.3 is 15.1 Å². The van der Waals surface area contributed by atoms with Crippen molar-refractivity contribution < 1.29 is 24.6 Å². The Kier molecular flexibility index (Phi) is 4.44. The molecule has 88 valence electrons. The lowest BCUT2D eigenvalue weighted by Gasteiger charge is -1.98. The SMILES string of the molecule is C1=Cc2ccccc2ON=C1.O=C(O)C(=O)O. The van der Waals surface area contributed by atoms with Crippen LogP contribution in [-0.2, 0) is 9.59 Å². The largest absolute Gasteiger partial charge is 0.473 e. The number of fused-ring (bicyclic) bond motifs is 1. The van der Waals surface area contributed by atoms with Crippen LogP contribution in [0.5, 0.6) is 5.75 Å². The number of benzene rings is 1. The molecule has 1 aromatic carbocycles. The minimum atomic E-state index is -1.82. The Morgan fingerprint density at radius 3 is 2.41 bits per heavy atom. The van der Waals surface area contributed by atoms with Gasteiger partial charge in [-0.3, -0.25) is 0 Å². The number of carboxylic acids is 2. The molecule has 0 unspecified atom stereocenters. The highest BCUT2D eigenvalue weighted by Crippen LogP contribution is 2.20. The molecule has 2 N–H and O–H groups in total. The maximum Gasteiger partial charge on any atom is 0.414 e. The van der Waals surface area contributed by atoms with Crippen LogP contribution in [0.4, 0.5) is 0 Å². The van der Waals surface area contributed by atoms with Gasteiger partial charge in [0, 0.05) is 5.56 Å². The molecule has 0 bridgehead atoms. The molecule has 0 fully saturated rings. The summed E-state index contributed by atoms with van der Waals surface area (Å²) in [6.45, 7) is 0. The highest BCUT2D eigenvalue weighted by atomic mass is 16.6. The number of carboxylic acid groups (broad SMARTS) is 2. The maximum atomic E-state index is 9.10. The van der Waals surface area contributed by atoms with Gasteiger partial charge in [-0.15, -0.1) is 0 Å². The third kappa shape index (κ3) is 4.17. The summed E-state index contributed by atoms with van der Waals surface area (Å²) in [7, 11) is 0. The van der Waals surface area contributed by atoms with Crippen LogP contribution in [0.1, 0.15) is 5.56 Å². The Balaban J connectivity index is 0.000000209. The number of aliphatic carboxylic acids is 2. The van der Waals surface area contributed by atoms with Crippen molar-refractivity contribution in [3.05, 3.63) is 35.9 Å². The monoisotopic (exact) mass is 235 g/mol. The zero-order valence-corrected chi connectivity index (χ0v) is 8.61. The van der Waals surface area contributed by atoms with Crippen molar-refractivity contribution in [1.29, 1.82) is 0 Å². The minimum absolute atomic E-state index is 0.803. The molecular formula is C11H9NO5. The van der Waals surface area contributed by atoms with E-state index in [1.54, 1.807) is 6.21 Å². The first-order valence-corrected chi connectivity index (χ1v) is 4.53. The average molecular weight is 235 g/mol. The fourth-order valence-corrected chi connectivity index (χ4v) is 0.970. The standard InChI is InChI=1S/C9H7NO.C2H2O4/c1-2-6-9-8(4-1)5-3-7-10-11-9;3-1(4)2(5)6/h1-7H;(H,3,4)(H,5,6). The Bertz CT molecular complexity index is 467. The highest BCUT2D eigenvalue weighted by molar-refractivity contribution is 6.27. The number of nitrogens with zero attached hydrogens (tertiary/aromatic N) is 1. The molecule has 6 heteroatoms. The fraction of sp³-hybridized carbons (Fsp3) is 0. The van der Waals surface area contributed by atoms with E-state index in [-0.39, 0.29) is 0 Å². The predicted octanol–water partition coefficient (Wildman–Crippen LogP) is 1.23. The normalized spacial score (nSPS) is 11.3. The van der Waals surface area contributed by atoms with E-state index >= 15 is 0 Å². The molecule has 1 aromatic rings. The van der Waals surface area contributed by atoms with Crippen molar-refractivity contribution in [2.45, 2.75) is 0 Å². The molecule has 17 heavy (non-hydrogen) atoms. The van der Waals surface area contributed by atoms with E-state index in [2.05, 4.69) is 5.16 Å². The van der Waals surface area contributed by atoms with E-state index in [0.29, 0.717) is 0 Å². The van der Waals surface area contributed by atoms with Gasteiger partial charge in [0.05, 0.1) is 6.21 Å². The van der Waals surface area contributed by atoms with E-state index in [1.807, 2.05) is 36.4 Å². The van der Waals surface area contributed by atoms with E-state index in [0.717, 1.165) is 11.3 Å². The molecule has 0 atom stereocenters. The number of allylic oxidation sites excluding steroid dienone is 1. The van der Waals surface area contributed by atoms with Crippen LogP contribution in [0.15, 0.2) is 35.5 Å². The molecule has 0 aromatic heterocycles. The smallest absolute Gasteiger partial charge is 0.414 e. The van der Waals surface area contributed by atoms with Crippen molar-refractivity contribution in [3.63, 3.8) is 0 Å². The number of carbonyl (C=O) groups is 2. The Morgan fingerprint density at radius 2 is 1.76 bits per heavy atom. The lowest BCUT2D eigenvalue weighted by molar-refractivity contribution is -0.159. The Morgan fingerprint density at radius 1 is 1.12 bits per heavy atom. The van der Waals surface area contributed by atoms with Gasteiger partial charge in [-0.05, 0) is 18.2 Å². The lowest BCUT2D eigenvalue weighted by Crippen LogP contribution is -2.09. The van der Waals surface area contributed by atoms with Crippen molar-refractivity contribution in [2.75, 3.05) is 0 Å². The van der Waals surface area contributed by atoms with Gasteiger partial charge in [-0.25, -0.2) is 9.59 Å². The molecule has 2 rings (SSSR count). The summed E-state index contributed by atoms with van der Waals surface area (Å²) < 4.78 is 0. The molecule has 0 saturated carbocycles. The van der Waals surface area contributed by atoms with Crippen molar-refractivity contribution in [3.8, 4) is 5.75 Å². The first kappa shape index (κ1) is 12.4. The summed E-state index contributed by atoms with van der Waals surface area (Å²) >= 11 is 0. The van der Waals surface area contributed by atoms with Crippen LogP contribution in [-0.4, -0.2) is 28.4 Å². The molecule has 6 nitrogen and oxygen atoms in total. The molecular weight excluding hydrogens is 226 g/mol. The second-order valence-electron chi connectivity index (χ2n) is 2.85. The van der Waals surface area contributed by atoms with Crippen molar-refractivity contribution >= 4 is 24.2 Å². The third-order valence-electron chi connectivity index (χ3n) is 1.68. The Labute approximate surface area is 96.4 Å². The number of oxime groups is 1. The summed E-state index contributed by atoms with van der Waals surface area (Å²) in [6.07, 6.45) is 5.44. The molecule has 1 aliphatic heterocycles. The second-order valence-corrected chi connectivity index (χ2v) is 2.85. The summed E-state index contributed by atoms with van der Waals surface area (Å²) in [5, 5.41) is 18.5. The van der Waals surface area contributed by atoms with E-state index < -0.39 is 11.9 Å². The van der Waals surface area contributed by atoms with Crippen molar-refractivity contribution in [2.24, 2.45) is 5.16 Å². The first-order valence-electron chi connectivity index (χ1n) is 4.53. The summed E-state index contributed by atoms with van der Waals surface area (Å²) in [4.78, 5) is 23.3. The quantitative estimate of drug-likeness (QED) is 0.659. The summed E-state index contributed by atoms with van der Waals surface area (Å²) in [5.74, 6) is -2.84. The molecule has 0 saturated heterocycles. The van der Waals surface area contributed by atoms with Gasteiger partial charge in [0.1, 0.15) is 0 Å². The molecule has 1 heterocycles. The second kappa shape index (κ2) is 6.06. The van der Waals surface area contributed by atoms with Gasteiger partial charge in [-0.2, -0.15) is 0 Å². The summed E-state index contributed by atoms with van der Waals surface area (Å²) in [6, 6.07) is 7.77. The highest BCUT2D eigenvalue weighted by Gasteiger charge is 2.04. The topological polar surface area (TPSA) is 96.2 Å². The van der Waals surface area contributed by atoms with Crippen LogP contribution < -0.4 is 4.84 Å². The van der Waals surface area contributed by atoms with Crippen LogP contribution in [0, 0.1) is 0 Å². The number of para-hydroxylation sites is 1. The third-order valence-corrected chi connectivity index (χ3v) is 1.68. The van der Waals surface area contributed by atoms with E-state index in [4.69, 9.17) is 24.6 Å². The van der Waals surface area contributed by atoms with E-state index in [1.165, 1.54) is 0 Å². The minimum Gasteiger partial charge on any atom is -0.473 e. The molecule has 0 radical (unpaired) electrons. The maximum absolute atomic E-state index is 9.10. The summed E-state index contributed by atoms with van der Waals surface area (Å²) in [5.41, 5.74) is 1.06. The molecule has 0 amide bonds. The molecule has 0 aliphatic carbocycles. The van der Waals surface area contributed by atoms with Gasteiger partial charge in [-0.1, -0.05) is 23.4 Å². The van der Waals surface area contributed by atoms with E-state index in [9.17, 15) is 0 Å². The molecule has 1 aliphatic rings. The first-order chi connectivity index (χ1) is 8.11. The van der Waals surface area contributed by atoms with Gasteiger partial charge >= 0.3 is 11.9 Å². The van der Waals surface area contributed by atoms with Crippen LogP contribution in [0.3, 0.4) is 0 Å². The predicted molar refractivity (Wildman–Crippen MR) is 59.9 cm³/mol. The Hall–Kier alpha value is -2.63. The van der Waals surface area contributed by atoms with Gasteiger partial charge in [0.25, 0.3) is 0 Å². The average Bonchev–Trinajstić information content (AvgIpc) is 2.54. The zero-order valence-electron chi connectivity index (χ0n) is 8.61. The fourth-order valence-electron chi connectivity index (χ4n) is 0.970. The van der Waals surface area contributed by atoms with Crippen LogP contribution >= 0.6 is 0 Å². The number of hydrogen-bond donors (Lipinski definition) is 2. The van der Waals surface area contributed by atoms with Gasteiger partial charge in [0.2, 0.25) is 0 Å². The van der Waals surface area contributed by atoms with Crippen LogP contribution in [0.2, 0.25) is 0 Å².